The van der Waals surface area contributed by atoms with E-state index in [2.05, 4.69) is 52.0 Å². The molecule has 1 unspecified atom stereocenters. The Morgan fingerprint density at radius 2 is 1.65 bits per heavy atom. The molecule has 0 N–H and O–H groups in total. The van der Waals surface area contributed by atoms with Crippen LogP contribution < -0.4 is 0 Å². The molecule has 3 nitrogen and oxygen atoms in total. The molecule has 3 rings (SSSR count). The third-order valence-electron chi connectivity index (χ3n) is 5.38. The van der Waals surface area contributed by atoms with Crippen molar-refractivity contribution in [1.82, 2.24) is 4.90 Å². The van der Waals surface area contributed by atoms with Crippen LogP contribution in [0.15, 0.2) is 83.3 Å². The molecule has 0 saturated heterocycles. The maximum absolute atomic E-state index is 14.0. The molecular weight excluding hydrogens is 457 g/mol. The third kappa shape index (κ3) is 6.25. The summed E-state index contributed by atoms with van der Waals surface area (Å²) in [7, 11) is 0. The van der Waals surface area contributed by atoms with Gasteiger partial charge in [0, 0.05) is 18.6 Å². The van der Waals surface area contributed by atoms with Crippen LogP contribution in [0.2, 0.25) is 0 Å². The Morgan fingerprint density at radius 1 is 1.00 bits per heavy atom. The Balaban J connectivity index is 2.05. The van der Waals surface area contributed by atoms with E-state index < -0.39 is 0 Å². The van der Waals surface area contributed by atoms with E-state index in [4.69, 9.17) is 4.74 Å². The van der Waals surface area contributed by atoms with Gasteiger partial charge in [0.2, 0.25) is 0 Å². The first-order valence-corrected chi connectivity index (χ1v) is 11.2. The zero-order chi connectivity index (χ0) is 22.2. The minimum atomic E-state index is -0.329. The van der Waals surface area contributed by atoms with Crippen LogP contribution in [0.3, 0.4) is 0 Å². The van der Waals surface area contributed by atoms with Crippen LogP contribution in [0.5, 0.6) is 0 Å². The van der Waals surface area contributed by atoms with Crippen LogP contribution in [0.25, 0.3) is 0 Å². The second-order valence-corrected chi connectivity index (χ2v) is 8.30. The Bertz CT molecular complexity index is 981. The van der Waals surface area contributed by atoms with E-state index in [0.29, 0.717) is 17.6 Å². The molecule has 31 heavy (non-hydrogen) atoms. The molecule has 0 radical (unpaired) electrons. The van der Waals surface area contributed by atoms with Gasteiger partial charge >= 0.3 is 5.97 Å². The fourth-order valence-corrected chi connectivity index (χ4v) is 4.15. The second-order valence-electron chi connectivity index (χ2n) is 7.44. The number of ether oxygens (including phenoxy) is 1. The van der Waals surface area contributed by atoms with Gasteiger partial charge in [-0.05, 0) is 58.6 Å². The van der Waals surface area contributed by atoms with Gasteiger partial charge in [-0.25, -0.2) is 4.39 Å². The van der Waals surface area contributed by atoms with Crippen LogP contribution >= 0.6 is 15.9 Å². The largest absolute Gasteiger partial charge is 0.466 e. The summed E-state index contributed by atoms with van der Waals surface area (Å²) in [5.74, 6) is -0.601. The molecule has 5 heteroatoms. The lowest BCUT2D eigenvalue weighted by molar-refractivity contribution is -0.145. The number of hydrogen-bond acceptors (Lipinski definition) is 3. The van der Waals surface area contributed by atoms with Crippen molar-refractivity contribution >= 4 is 21.9 Å². The monoisotopic (exact) mass is 483 g/mol. The SMILES string of the molecule is CCOC(=O)CC(c1ccc(F)c(Br)c1)N(Cc1ccccc1)[C@H](C)c1ccccc1. The van der Waals surface area contributed by atoms with E-state index in [1.54, 1.807) is 19.1 Å². The molecule has 3 aromatic rings. The quantitative estimate of drug-likeness (QED) is 0.311. The van der Waals surface area contributed by atoms with Crippen LogP contribution in [0, 0.1) is 5.82 Å². The lowest BCUT2D eigenvalue weighted by Crippen LogP contribution is -2.33. The highest BCUT2D eigenvalue weighted by molar-refractivity contribution is 9.10. The molecule has 0 aromatic heterocycles. The fraction of sp³-hybridized carbons (Fsp3) is 0.269. The zero-order valence-electron chi connectivity index (χ0n) is 17.8. The smallest absolute Gasteiger partial charge is 0.307 e. The highest BCUT2D eigenvalue weighted by Crippen LogP contribution is 2.36. The molecule has 3 aromatic carbocycles. The van der Waals surface area contributed by atoms with Gasteiger partial charge in [-0.15, -0.1) is 0 Å². The van der Waals surface area contributed by atoms with Crippen LogP contribution in [0.4, 0.5) is 4.39 Å². The maximum atomic E-state index is 14.0. The predicted molar refractivity (Wildman–Crippen MR) is 125 cm³/mol. The fourth-order valence-electron chi connectivity index (χ4n) is 3.76. The molecule has 0 heterocycles. The van der Waals surface area contributed by atoms with Crippen molar-refractivity contribution in [3.63, 3.8) is 0 Å². The lowest BCUT2D eigenvalue weighted by atomic mass is 9.96. The number of rotatable bonds is 9. The molecule has 162 valence electrons. The molecule has 0 aliphatic carbocycles. The van der Waals surface area contributed by atoms with Crippen molar-refractivity contribution in [3.8, 4) is 0 Å². The van der Waals surface area contributed by atoms with Crippen molar-refractivity contribution in [1.29, 1.82) is 0 Å². The highest BCUT2D eigenvalue weighted by Gasteiger charge is 2.29. The standard InChI is InChI=1S/C26H27BrFNO2/c1-3-31-26(30)17-25(22-14-15-24(28)23(27)16-22)29(18-20-10-6-4-7-11-20)19(2)21-12-8-5-9-13-21/h4-16,19,25H,3,17-18H2,1-2H3/t19-,25?/m1/s1. The Kier molecular flexibility index (Phi) is 8.38. The van der Waals surface area contributed by atoms with E-state index in [1.807, 2.05) is 36.4 Å². The van der Waals surface area contributed by atoms with Crippen LogP contribution in [-0.4, -0.2) is 17.5 Å². The van der Waals surface area contributed by atoms with E-state index in [1.165, 1.54) is 6.07 Å². The van der Waals surface area contributed by atoms with Gasteiger partial charge < -0.3 is 4.74 Å². The van der Waals surface area contributed by atoms with Crippen LogP contribution in [0.1, 0.15) is 49.0 Å². The highest BCUT2D eigenvalue weighted by atomic mass is 79.9. The van der Waals surface area contributed by atoms with E-state index in [0.717, 1.165) is 16.7 Å². The number of benzene rings is 3. The number of halogens is 2. The Hall–Kier alpha value is -2.50. The van der Waals surface area contributed by atoms with Crippen molar-refractivity contribution < 1.29 is 13.9 Å². The van der Waals surface area contributed by atoms with Crippen molar-refractivity contribution in [3.05, 3.63) is 106 Å². The average molecular weight is 484 g/mol. The maximum Gasteiger partial charge on any atom is 0.307 e. The molecule has 0 fully saturated rings. The van der Waals surface area contributed by atoms with E-state index in [9.17, 15) is 9.18 Å². The summed E-state index contributed by atoms with van der Waals surface area (Å²) in [6.45, 7) is 4.90. The molecule has 0 saturated carbocycles. The average Bonchev–Trinajstić information content (AvgIpc) is 2.79. The number of hydrogen-bond donors (Lipinski definition) is 0. The minimum Gasteiger partial charge on any atom is -0.466 e. The topological polar surface area (TPSA) is 29.5 Å². The first-order chi connectivity index (χ1) is 15.0. The lowest BCUT2D eigenvalue weighted by Gasteiger charge is -2.37. The summed E-state index contributed by atoms with van der Waals surface area (Å²) in [5.41, 5.74) is 3.15. The molecule has 0 aliphatic rings. The minimum absolute atomic E-state index is 0.0182. The molecular formula is C26H27BrFNO2. The first kappa shape index (κ1) is 23.2. The molecule has 0 bridgehead atoms. The summed E-state index contributed by atoms with van der Waals surface area (Å²) >= 11 is 3.30. The van der Waals surface area contributed by atoms with E-state index in [-0.39, 0.29) is 30.3 Å². The van der Waals surface area contributed by atoms with Crippen molar-refractivity contribution in [2.75, 3.05) is 6.61 Å². The third-order valence-corrected chi connectivity index (χ3v) is 5.99. The van der Waals surface area contributed by atoms with Gasteiger partial charge in [0.1, 0.15) is 5.82 Å². The van der Waals surface area contributed by atoms with Gasteiger partial charge in [0.15, 0.2) is 0 Å². The summed E-state index contributed by atoms with van der Waals surface area (Å²) in [6, 6.07) is 25.0. The number of nitrogens with zero attached hydrogens (tertiary/aromatic N) is 1. The second kappa shape index (κ2) is 11.2. The van der Waals surface area contributed by atoms with Crippen molar-refractivity contribution in [2.45, 2.75) is 38.9 Å². The number of carbonyl (C=O) groups excluding carboxylic acids is 1. The molecule has 0 aliphatic heterocycles. The zero-order valence-corrected chi connectivity index (χ0v) is 19.4. The summed E-state index contributed by atoms with van der Waals surface area (Å²) in [4.78, 5) is 14.8. The van der Waals surface area contributed by atoms with Gasteiger partial charge in [0.25, 0.3) is 0 Å². The van der Waals surface area contributed by atoms with Crippen LogP contribution in [-0.2, 0) is 16.1 Å². The molecule has 0 amide bonds. The predicted octanol–water partition coefficient (Wildman–Crippen LogP) is 6.85. The summed E-state index contributed by atoms with van der Waals surface area (Å²) < 4.78 is 19.6. The number of esters is 1. The van der Waals surface area contributed by atoms with Gasteiger partial charge in [0.05, 0.1) is 17.5 Å². The summed E-state index contributed by atoms with van der Waals surface area (Å²) in [5, 5.41) is 0. The summed E-state index contributed by atoms with van der Waals surface area (Å²) in [6.07, 6.45) is 0.177. The van der Waals surface area contributed by atoms with Gasteiger partial charge in [-0.3, -0.25) is 9.69 Å². The van der Waals surface area contributed by atoms with E-state index >= 15 is 0 Å². The number of carbonyl (C=O) groups is 1. The molecule has 0 spiro atoms. The van der Waals surface area contributed by atoms with Crippen molar-refractivity contribution in [2.24, 2.45) is 0 Å². The normalized spacial score (nSPS) is 13.1. The Labute approximate surface area is 192 Å². The Morgan fingerprint density at radius 3 is 2.26 bits per heavy atom. The van der Waals surface area contributed by atoms with Gasteiger partial charge in [-0.2, -0.15) is 0 Å². The molecule has 2 atom stereocenters. The van der Waals surface area contributed by atoms with Gasteiger partial charge in [-0.1, -0.05) is 66.7 Å². The first-order valence-electron chi connectivity index (χ1n) is 10.4.